The van der Waals surface area contributed by atoms with Crippen LogP contribution in [0.3, 0.4) is 0 Å². The molecule has 0 aromatic heterocycles. The first-order chi connectivity index (χ1) is 9.84. The largest absolute Gasteiger partial charge is 0.351 e. The molecule has 2 aliphatic rings. The lowest BCUT2D eigenvalue weighted by Gasteiger charge is -2.16. The minimum Gasteiger partial charge on any atom is -0.292 e. The topological polar surface area (TPSA) is 35.9 Å². The first-order valence-electron chi connectivity index (χ1n) is 6.75. The van der Waals surface area contributed by atoms with E-state index >= 15 is 0 Å². The van der Waals surface area contributed by atoms with Crippen molar-refractivity contribution in [2.45, 2.75) is 12.6 Å². The number of benzene rings is 2. The number of fused-ring (bicyclic) bond motifs is 1. The summed E-state index contributed by atoms with van der Waals surface area (Å²) in [6.07, 6.45) is 0.669. The number of nitrogens with zero attached hydrogens (tertiary/aromatic N) is 2. The molecule has 2 aromatic rings. The molecule has 0 saturated carbocycles. The van der Waals surface area contributed by atoms with Crippen LogP contribution in [-0.4, -0.2) is 17.6 Å². The molecule has 0 N–H and O–H groups in total. The minimum absolute atomic E-state index is 0.0798. The lowest BCUT2D eigenvalue weighted by atomic mass is 10.2. The molecule has 0 bridgehead atoms. The number of urea groups is 1. The minimum atomic E-state index is -0.239. The summed E-state index contributed by atoms with van der Waals surface area (Å²) < 4.78 is 0. The summed E-state index contributed by atoms with van der Waals surface area (Å²) >= 11 is 0. The van der Waals surface area contributed by atoms with Gasteiger partial charge in [-0.2, -0.15) is 5.06 Å². The predicted molar refractivity (Wildman–Crippen MR) is 75.0 cm³/mol. The molecule has 1 atom stereocenters. The second-order valence-corrected chi connectivity index (χ2v) is 5.01. The van der Waals surface area contributed by atoms with Gasteiger partial charge in [-0.05, 0) is 18.1 Å². The Morgan fingerprint density at radius 2 is 1.80 bits per heavy atom. The average molecular weight is 266 g/mol. The lowest BCUT2D eigenvalue weighted by molar-refractivity contribution is 0.183. The van der Waals surface area contributed by atoms with E-state index in [-0.39, 0.29) is 12.3 Å². The van der Waals surface area contributed by atoms with Gasteiger partial charge in [0.15, 0.2) is 0 Å². The van der Waals surface area contributed by atoms with Crippen molar-refractivity contribution in [2.75, 3.05) is 11.4 Å². The molecule has 100 valence electrons. The van der Waals surface area contributed by atoms with Gasteiger partial charge in [0.1, 0.15) is 0 Å². The standard InChI is InChI=1S/C16H14N2O2/c19-16(17-11-10-12-6-4-5-9-14(12)17)18-15(20-18)13-7-2-1-3-8-13/h1-9,15H,10-11H2. The number of hydrogen-bond acceptors (Lipinski definition) is 2. The Bertz CT molecular complexity index is 657. The van der Waals surface area contributed by atoms with E-state index in [0.717, 1.165) is 24.2 Å². The summed E-state index contributed by atoms with van der Waals surface area (Å²) in [4.78, 5) is 19.7. The van der Waals surface area contributed by atoms with E-state index in [1.54, 1.807) is 4.90 Å². The van der Waals surface area contributed by atoms with E-state index in [0.29, 0.717) is 0 Å². The number of rotatable bonds is 1. The highest BCUT2D eigenvalue weighted by Crippen LogP contribution is 2.40. The van der Waals surface area contributed by atoms with Gasteiger partial charge >= 0.3 is 6.03 Å². The SMILES string of the molecule is O=C(N1CCc2ccccc21)N1OC1c1ccccc1. The average Bonchev–Trinajstić information content (AvgIpc) is 3.20. The molecule has 0 spiro atoms. The van der Waals surface area contributed by atoms with E-state index < -0.39 is 0 Å². The van der Waals surface area contributed by atoms with Crippen LogP contribution in [0, 0.1) is 0 Å². The quantitative estimate of drug-likeness (QED) is 0.743. The molecular weight excluding hydrogens is 252 g/mol. The molecule has 1 unspecified atom stereocenters. The molecule has 1 fully saturated rings. The number of hydroxylamine groups is 2. The van der Waals surface area contributed by atoms with Crippen LogP contribution in [0.5, 0.6) is 0 Å². The van der Waals surface area contributed by atoms with Gasteiger partial charge < -0.3 is 0 Å². The van der Waals surface area contributed by atoms with E-state index in [1.165, 1.54) is 10.6 Å². The molecule has 4 rings (SSSR count). The third-order valence-electron chi connectivity index (χ3n) is 3.77. The van der Waals surface area contributed by atoms with Crippen molar-refractivity contribution in [1.29, 1.82) is 0 Å². The van der Waals surface area contributed by atoms with Crippen molar-refractivity contribution in [3.05, 3.63) is 65.7 Å². The van der Waals surface area contributed by atoms with Crippen LogP contribution < -0.4 is 4.90 Å². The first kappa shape index (κ1) is 11.5. The van der Waals surface area contributed by atoms with Crippen LogP contribution in [0.1, 0.15) is 17.4 Å². The maximum absolute atomic E-state index is 12.5. The normalized spacial score (nSPS) is 19.9. The van der Waals surface area contributed by atoms with E-state index in [9.17, 15) is 4.79 Å². The molecule has 20 heavy (non-hydrogen) atoms. The molecule has 2 aromatic carbocycles. The van der Waals surface area contributed by atoms with E-state index in [4.69, 9.17) is 4.84 Å². The molecule has 1 saturated heterocycles. The molecule has 2 aliphatic heterocycles. The van der Waals surface area contributed by atoms with Crippen molar-refractivity contribution < 1.29 is 9.63 Å². The smallest absolute Gasteiger partial charge is 0.292 e. The number of anilines is 1. The first-order valence-corrected chi connectivity index (χ1v) is 6.75. The van der Waals surface area contributed by atoms with Gasteiger partial charge in [0.05, 0.1) is 0 Å². The van der Waals surface area contributed by atoms with Crippen molar-refractivity contribution in [2.24, 2.45) is 0 Å². The highest BCUT2D eigenvalue weighted by molar-refractivity contribution is 5.94. The fourth-order valence-corrected chi connectivity index (χ4v) is 2.70. The van der Waals surface area contributed by atoms with Gasteiger partial charge in [0.2, 0.25) is 6.23 Å². The van der Waals surface area contributed by atoms with Gasteiger partial charge in [-0.15, -0.1) is 0 Å². The number of amides is 2. The Morgan fingerprint density at radius 3 is 2.65 bits per heavy atom. The molecule has 0 aliphatic carbocycles. The highest BCUT2D eigenvalue weighted by Gasteiger charge is 2.46. The zero-order chi connectivity index (χ0) is 13.5. The third kappa shape index (κ3) is 1.77. The Balaban J connectivity index is 1.53. The molecule has 4 heteroatoms. The summed E-state index contributed by atoms with van der Waals surface area (Å²) in [6.45, 7) is 0.722. The fraction of sp³-hybridized carbons (Fsp3) is 0.188. The zero-order valence-corrected chi connectivity index (χ0v) is 10.9. The summed E-state index contributed by atoms with van der Waals surface area (Å²) in [6, 6.07) is 17.7. The van der Waals surface area contributed by atoms with Gasteiger partial charge in [-0.3, -0.25) is 4.90 Å². The van der Waals surface area contributed by atoms with Crippen LogP contribution in [0.2, 0.25) is 0 Å². The van der Waals surface area contributed by atoms with Crippen molar-refractivity contribution >= 4 is 11.7 Å². The zero-order valence-electron chi connectivity index (χ0n) is 10.9. The van der Waals surface area contributed by atoms with Crippen LogP contribution in [0.25, 0.3) is 0 Å². The second-order valence-electron chi connectivity index (χ2n) is 5.01. The number of carbonyl (C=O) groups is 1. The van der Waals surface area contributed by atoms with Gasteiger partial charge in [-0.25, -0.2) is 9.63 Å². The molecule has 4 nitrogen and oxygen atoms in total. The monoisotopic (exact) mass is 266 g/mol. The highest BCUT2D eigenvalue weighted by atomic mass is 16.8. The van der Waals surface area contributed by atoms with Crippen molar-refractivity contribution in [3.63, 3.8) is 0 Å². The number of para-hydroxylation sites is 1. The van der Waals surface area contributed by atoms with Crippen LogP contribution in [0.4, 0.5) is 10.5 Å². The molecular formula is C16H14N2O2. The van der Waals surface area contributed by atoms with Gasteiger partial charge in [0.25, 0.3) is 0 Å². The summed E-state index contributed by atoms with van der Waals surface area (Å²) in [5.74, 6) is 0. The predicted octanol–water partition coefficient (Wildman–Crippen LogP) is 3.12. The van der Waals surface area contributed by atoms with Gasteiger partial charge in [-0.1, -0.05) is 48.5 Å². The molecule has 2 amide bonds. The Morgan fingerprint density at radius 1 is 1.05 bits per heavy atom. The summed E-state index contributed by atoms with van der Waals surface area (Å²) in [5, 5.41) is 1.44. The molecule has 0 radical (unpaired) electrons. The van der Waals surface area contributed by atoms with Crippen molar-refractivity contribution in [3.8, 4) is 0 Å². The van der Waals surface area contributed by atoms with Gasteiger partial charge in [0, 0.05) is 17.8 Å². The molecule has 2 heterocycles. The fourth-order valence-electron chi connectivity index (χ4n) is 2.70. The number of carbonyl (C=O) groups excluding carboxylic acids is 1. The maximum Gasteiger partial charge on any atom is 0.351 e. The van der Waals surface area contributed by atoms with Crippen LogP contribution in [-0.2, 0) is 11.3 Å². The van der Waals surface area contributed by atoms with E-state index in [2.05, 4.69) is 6.07 Å². The summed E-state index contributed by atoms with van der Waals surface area (Å²) in [5.41, 5.74) is 3.23. The maximum atomic E-state index is 12.5. The van der Waals surface area contributed by atoms with Crippen molar-refractivity contribution in [1.82, 2.24) is 5.06 Å². The van der Waals surface area contributed by atoms with Crippen LogP contribution >= 0.6 is 0 Å². The van der Waals surface area contributed by atoms with E-state index in [1.807, 2.05) is 48.5 Å². The number of hydrogen-bond donors (Lipinski definition) is 0. The second kappa shape index (κ2) is 4.35. The Labute approximate surface area is 117 Å². The third-order valence-corrected chi connectivity index (χ3v) is 3.77. The van der Waals surface area contributed by atoms with Crippen LogP contribution in [0.15, 0.2) is 54.6 Å². The Hall–Kier alpha value is -2.33. The Kier molecular flexibility index (Phi) is 2.50. The lowest BCUT2D eigenvalue weighted by Crippen LogP contribution is -2.33. The summed E-state index contributed by atoms with van der Waals surface area (Å²) in [7, 11) is 0.